The highest BCUT2D eigenvalue weighted by molar-refractivity contribution is 6.30. The molecule has 1 heterocycles. The van der Waals surface area contributed by atoms with Crippen molar-refractivity contribution in [2.45, 2.75) is 6.42 Å². The first-order valence-corrected chi connectivity index (χ1v) is 8.95. The van der Waals surface area contributed by atoms with Crippen LogP contribution in [0.2, 0.25) is 5.02 Å². The Morgan fingerprint density at radius 3 is 2.61 bits per heavy atom. The Morgan fingerprint density at radius 2 is 1.82 bits per heavy atom. The average Bonchev–Trinajstić information content (AvgIpc) is 2.68. The highest BCUT2D eigenvalue weighted by atomic mass is 35.5. The molecule has 142 valence electrons. The number of hydrogen-bond donors (Lipinski definition) is 2. The highest BCUT2D eigenvalue weighted by Crippen LogP contribution is 2.12. The monoisotopic (exact) mass is 397 g/mol. The molecule has 5 nitrogen and oxygen atoms in total. The van der Waals surface area contributed by atoms with E-state index in [1.54, 1.807) is 12.1 Å². The lowest BCUT2D eigenvalue weighted by molar-refractivity contribution is 0.0949. The van der Waals surface area contributed by atoms with Crippen LogP contribution in [0.25, 0.3) is 0 Å². The van der Waals surface area contributed by atoms with Crippen molar-refractivity contribution in [1.29, 1.82) is 0 Å². The average molecular weight is 398 g/mol. The van der Waals surface area contributed by atoms with E-state index < -0.39 is 11.7 Å². The van der Waals surface area contributed by atoms with E-state index in [2.05, 4.69) is 15.6 Å². The van der Waals surface area contributed by atoms with E-state index in [0.717, 1.165) is 5.56 Å². The molecule has 0 bridgehead atoms. The molecule has 0 fully saturated rings. The summed E-state index contributed by atoms with van der Waals surface area (Å²) >= 11 is 5.94. The third kappa shape index (κ3) is 5.37. The molecule has 0 aliphatic carbocycles. The van der Waals surface area contributed by atoms with Crippen LogP contribution in [0.1, 0.15) is 26.4 Å². The number of aromatic nitrogens is 1. The van der Waals surface area contributed by atoms with E-state index in [1.165, 1.54) is 36.5 Å². The van der Waals surface area contributed by atoms with E-state index in [0.29, 0.717) is 23.7 Å². The Kier molecular flexibility index (Phi) is 6.34. The lowest BCUT2D eigenvalue weighted by Gasteiger charge is -2.08. The Hall–Kier alpha value is -3.25. The number of benzene rings is 2. The zero-order chi connectivity index (χ0) is 19.9. The van der Waals surface area contributed by atoms with Crippen molar-refractivity contribution in [3.8, 4) is 0 Å². The molecule has 7 heteroatoms. The van der Waals surface area contributed by atoms with Gasteiger partial charge in [0.05, 0.1) is 0 Å². The molecule has 3 aromatic rings. The fraction of sp³-hybridized carbons (Fsp3) is 0.0952. The van der Waals surface area contributed by atoms with Crippen molar-refractivity contribution >= 4 is 29.1 Å². The molecule has 2 aromatic carbocycles. The molecular formula is C21H17ClFN3O2. The minimum atomic E-state index is -0.457. The van der Waals surface area contributed by atoms with E-state index >= 15 is 0 Å². The van der Waals surface area contributed by atoms with Crippen molar-refractivity contribution in [3.05, 3.63) is 94.5 Å². The number of nitrogens with zero attached hydrogens (tertiary/aromatic N) is 1. The molecule has 3 rings (SSSR count). The van der Waals surface area contributed by atoms with Crippen LogP contribution in [0.3, 0.4) is 0 Å². The number of nitrogens with one attached hydrogen (secondary N) is 2. The van der Waals surface area contributed by atoms with Crippen LogP contribution in [-0.2, 0) is 6.42 Å². The minimum Gasteiger partial charge on any atom is -0.350 e. The van der Waals surface area contributed by atoms with E-state index in [9.17, 15) is 14.0 Å². The Balaban J connectivity index is 1.60. The van der Waals surface area contributed by atoms with E-state index in [-0.39, 0.29) is 17.2 Å². The number of amides is 2. The van der Waals surface area contributed by atoms with Crippen molar-refractivity contribution in [2.75, 3.05) is 11.9 Å². The molecule has 0 saturated carbocycles. The van der Waals surface area contributed by atoms with Crippen molar-refractivity contribution in [3.63, 3.8) is 0 Å². The zero-order valence-electron chi connectivity index (χ0n) is 14.8. The van der Waals surface area contributed by atoms with Gasteiger partial charge in [0.1, 0.15) is 11.5 Å². The summed E-state index contributed by atoms with van der Waals surface area (Å²) in [6.45, 7) is 0.403. The van der Waals surface area contributed by atoms with Crippen LogP contribution in [0, 0.1) is 5.82 Å². The van der Waals surface area contributed by atoms with E-state index in [4.69, 9.17) is 11.6 Å². The first-order chi connectivity index (χ1) is 13.5. The normalized spacial score (nSPS) is 10.4. The standard InChI is InChI=1S/C21H17ClFN3O2/c22-16-4-1-3-14(11-16)7-9-25-21(28)19-12-15(8-10-24-19)20(27)26-18-6-2-5-17(23)13-18/h1-6,8,10-13H,7,9H2,(H,25,28)(H,26,27). The van der Waals surface area contributed by atoms with Gasteiger partial charge in [-0.2, -0.15) is 0 Å². The predicted octanol–water partition coefficient (Wildman–Crippen LogP) is 4.10. The molecule has 0 spiro atoms. The topological polar surface area (TPSA) is 71.1 Å². The second-order valence-electron chi connectivity index (χ2n) is 6.03. The summed E-state index contributed by atoms with van der Waals surface area (Å²) in [6.07, 6.45) is 2.00. The Labute approximate surface area is 166 Å². The second-order valence-corrected chi connectivity index (χ2v) is 6.47. The smallest absolute Gasteiger partial charge is 0.269 e. The molecule has 0 atom stereocenters. The zero-order valence-corrected chi connectivity index (χ0v) is 15.5. The first kappa shape index (κ1) is 19.5. The van der Waals surface area contributed by atoms with Gasteiger partial charge in [0.15, 0.2) is 0 Å². The van der Waals surface area contributed by atoms with Crippen molar-refractivity contribution < 1.29 is 14.0 Å². The van der Waals surface area contributed by atoms with Crippen LogP contribution in [0.4, 0.5) is 10.1 Å². The molecular weight excluding hydrogens is 381 g/mol. The summed E-state index contributed by atoms with van der Waals surface area (Å²) in [5.41, 5.74) is 1.70. The highest BCUT2D eigenvalue weighted by Gasteiger charge is 2.12. The third-order valence-electron chi connectivity index (χ3n) is 3.93. The number of hydrogen-bond acceptors (Lipinski definition) is 3. The molecule has 0 unspecified atom stereocenters. The number of anilines is 1. The number of pyridine rings is 1. The Bertz CT molecular complexity index is 1010. The van der Waals surface area contributed by atoms with Crippen LogP contribution in [0.5, 0.6) is 0 Å². The van der Waals surface area contributed by atoms with Gasteiger partial charge in [0.2, 0.25) is 0 Å². The number of rotatable bonds is 6. The lowest BCUT2D eigenvalue weighted by Crippen LogP contribution is -2.27. The fourth-order valence-corrected chi connectivity index (χ4v) is 2.78. The van der Waals surface area contributed by atoms with E-state index in [1.807, 2.05) is 18.2 Å². The predicted molar refractivity (Wildman–Crippen MR) is 106 cm³/mol. The minimum absolute atomic E-state index is 0.123. The summed E-state index contributed by atoms with van der Waals surface area (Å²) in [7, 11) is 0. The molecule has 28 heavy (non-hydrogen) atoms. The molecule has 0 saturated heterocycles. The SMILES string of the molecule is O=C(Nc1cccc(F)c1)c1ccnc(C(=O)NCCc2cccc(Cl)c2)c1. The maximum absolute atomic E-state index is 13.2. The summed E-state index contributed by atoms with van der Waals surface area (Å²) < 4.78 is 13.2. The van der Waals surface area contributed by atoms with Crippen LogP contribution in [-0.4, -0.2) is 23.3 Å². The molecule has 0 aliphatic rings. The summed E-state index contributed by atoms with van der Waals surface area (Å²) in [5, 5.41) is 5.99. The van der Waals surface area contributed by atoms with Gasteiger partial charge in [-0.1, -0.05) is 29.8 Å². The molecule has 2 amide bonds. The van der Waals surface area contributed by atoms with Gasteiger partial charge in [-0.05, 0) is 54.4 Å². The summed E-state index contributed by atoms with van der Waals surface area (Å²) in [4.78, 5) is 28.6. The fourth-order valence-electron chi connectivity index (χ4n) is 2.57. The first-order valence-electron chi connectivity index (χ1n) is 8.57. The van der Waals surface area contributed by atoms with Gasteiger partial charge in [0.25, 0.3) is 11.8 Å². The van der Waals surface area contributed by atoms with Gasteiger partial charge >= 0.3 is 0 Å². The van der Waals surface area contributed by atoms with Crippen LogP contribution < -0.4 is 10.6 Å². The van der Waals surface area contributed by atoms with Gasteiger partial charge in [-0.25, -0.2) is 4.39 Å². The summed E-state index contributed by atoms with van der Waals surface area (Å²) in [5.74, 6) is -1.30. The number of carbonyl (C=O) groups is 2. The third-order valence-corrected chi connectivity index (χ3v) is 4.16. The molecule has 1 aromatic heterocycles. The van der Waals surface area contributed by atoms with Gasteiger partial charge in [-0.15, -0.1) is 0 Å². The molecule has 0 aliphatic heterocycles. The number of carbonyl (C=O) groups excluding carboxylic acids is 2. The summed E-state index contributed by atoms with van der Waals surface area (Å²) in [6, 6.07) is 15.8. The molecule has 2 N–H and O–H groups in total. The van der Waals surface area contributed by atoms with Crippen LogP contribution >= 0.6 is 11.6 Å². The quantitative estimate of drug-likeness (QED) is 0.657. The molecule has 0 radical (unpaired) electrons. The second kappa shape index (κ2) is 9.10. The maximum atomic E-state index is 13.2. The largest absolute Gasteiger partial charge is 0.350 e. The van der Waals surface area contributed by atoms with Gasteiger partial charge in [0, 0.05) is 29.0 Å². The Morgan fingerprint density at radius 1 is 1.00 bits per heavy atom. The van der Waals surface area contributed by atoms with Crippen molar-refractivity contribution in [2.24, 2.45) is 0 Å². The van der Waals surface area contributed by atoms with Crippen LogP contribution in [0.15, 0.2) is 66.9 Å². The maximum Gasteiger partial charge on any atom is 0.269 e. The lowest BCUT2D eigenvalue weighted by atomic mass is 10.1. The van der Waals surface area contributed by atoms with Gasteiger partial charge < -0.3 is 10.6 Å². The number of halogens is 2. The van der Waals surface area contributed by atoms with Gasteiger partial charge in [-0.3, -0.25) is 14.6 Å². The van der Waals surface area contributed by atoms with Crippen molar-refractivity contribution in [1.82, 2.24) is 10.3 Å².